The number of nitrogens with one attached hydrogen (secondary N) is 1. The van der Waals surface area contributed by atoms with E-state index in [0.717, 1.165) is 38.7 Å². The Morgan fingerprint density at radius 1 is 1.33 bits per heavy atom. The molecule has 2 fully saturated rings. The number of carbonyl (C=O) groups is 1. The maximum Gasteiger partial charge on any atom is 0.207 e. The predicted molar refractivity (Wildman–Crippen MR) is 44.8 cm³/mol. The number of amides is 1. The highest BCUT2D eigenvalue weighted by molar-refractivity contribution is 5.46. The van der Waals surface area contributed by atoms with Gasteiger partial charge in [-0.15, -0.1) is 0 Å². The molecule has 1 aliphatic carbocycles. The summed E-state index contributed by atoms with van der Waals surface area (Å²) in [5.74, 6) is 0. The first-order valence-electron chi connectivity index (χ1n) is 4.68. The Morgan fingerprint density at radius 3 is 2.42 bits per heavy atom. The van der Waals surface area contributed by atoms with Crippen molar-refractivity contribution in [2.75, 3.05) is 6.61 Å². The molecule has 1 aliphatic heterocycles. The van der Waals surface area contributed by atoms with Crippen LogP contribution in [-0.2, 0) is 9.53 Å². The van der Waals surface area contributed by atoms with Gasteiger partial charge in [0.25, 0.3) is 0 Å². The molecule has 0 aromatic carbocycles. The number of ether oxygens (including phenoxy) is 1. The van der Waals surface area contributed by atoms with Gasteiger partial charge in [0.05, 0.1) is 12.2 Å². The molecule has 1 saturated heterocycles. The van der Waals surface area contributed by atoms with Crippen LogP contribution in [0.4, 0.5) is 0 Å². The molecule has 0 atom stereocenters. The zero-order chi connectivity index (χ0) is 8.44. The van der Waals surface area contributed by atoms with Gasteiger partial charge in [0.2, 0.25) is 6.41 Å². The molecular formula is C9H15NO2. The van der Waals surface area contributed by atoms with Gasteiger partial charge in [-0.2, -0.15) is 0 Å². The molecule has 1 saturated carbocycles. The first kappa shape index (κ1) is 8.05. The lowest BCUT2D eigenvalue weighted by Crippen LogP contribution is -2.49. The Morgan fingerprint density at radius 2 is 2.00 bits per heavy atom. The largest absolute Gasteiger partial charge is 0.375 e. The Kier molecular flexibility index (Phi) is 2.05. The van der Waals surface area contributed by atoms with Gasteiger partial charge in [-0.3, -0.25) is 4.79 Å². The monoisotopic (exact) mass is 169 g/mol. The van der Waals surface area contributed by atoms with Crippen LogP contribution in [0.3, 0.4) is 0 Å². The minimum atomic E-state index is 0.223. The van der Waals surface area contributed by atoms with Gasteiger partial charge >= 0.3 is 0 Å². The van der Waals surface area contributed by atoms with Gasteiger partial charge in [0, 0.05) is 6.04 Å². The lowest BCUT2D eigenvalue weighted by atomic mass is 9.77. The summed E-state index contributed by atoms with van der Waals surface area (Å²) in [6, 6.07) is 0.400. The van der Waals surface area contributed by atoms with E-state index in [1.54, 1.807) is 0 Å². The average Bonchev–Trinajstić information content (AvgIpc) is 2.04. The van der Waals surface area contributed by atoms with Crippen LogP contribution < -0.4 is 5.32 Å². The predicted octanol–water partition coefficient (Wildman–Crippen LogP) is 0.834. The molecule has 0 bridgehead atoms. The first-order valence-corrected chi connectivity index (χ1v) is 4.68. The lowest BCUT2D eigenvalue weighted by Gasteiger charge is -2.46. The van der Waals surface area contributed by atoms with Crippen LogP contribution in [0.25, 0.3) is 0 Å². The molecular weight excluding hydrogens is 154 g/mol. The van der Waals surface area contributed by atoms with Crippen molar-refractivity contribution < 1.29 is 9.53 Å². The van der Waals surface area contributed by atoms with E-state index >= 15 is 0 Å². The van der Waals surface area contributed by atoms with Crippen molar-refractivity contribution in [1.82, 2.24) is 5.32 Å². The second-order valence-electron chi connectivity index (χ2n) is 3.84. The Labute approximate surface area is 72.5 Å². The third kappa shape index (κ3) is 1.33. The van der Waals surface area contributed by atoms with E-state index in [1.165, 1.54) is 6.42 Å². The normalized spacial score (nSPS) is 40.5. The molecule has 2 aliphatic rings. The summed E-state index contributed by atoms with van der Waals surface area (Å²) >= 11 is 0. The topological polar surface area (TPSA) is 38.3 Å². The zero-order valence-electron chi connectivity index (χ0n) is 7.21. The van der Waals surface area contributed by atoms with Gasteiger partial charge in [0.15, 0.2) is 0 Å². The van der Waals surface area contributed by atoms with Crippen molar-refractivity contribution in [2.24, 2.45) is 0 Å². The molecule has 3 heteroatoms. The standard InChI is InChI=1S/C9H15NO2/c11-7-10-8-1-3-9(4-2-8)5-6-12-9/h7-8H,1-6H2,(H,10,11). The van der Waals surface area contributed by atoms with Crippen molar-refractivity contribution in [3.8, 4) is 0 Å². The Balaban J connectivity index is 1.80. The highest BCUT2D eigenvalue weighted by Crippen LogP contribution is 2.40. The summed E-state index contributed by atoms with van der Waals surface area (Å²) in [5, 5.41) is 2.83. The molecule has 3 nitrogen and oxygen atoms in total. The molecule has 12 heavy (non-hydrogen) atoms. The zero-order valence-corrected chi connectivity index (χ0v) is 7.21. The van der Waals surface area contributed by atoms with Crippen molar-refractivity contribution in [3.05, 3.63) is 0 Å². The highest BCUT2D eigenvalue weighted by atomic mass is 16.5. The molecule has 68 valence electrons. The van der Waals surface area contributed by atoms with E-state index < -0.39 is 0 Å². The molecule has 0 radical (unpaired) electrons. The van der Waals surface area contributed by atoms with Crippen LogP contribution in [0.2, 0.25) is 0 Å². The number of carbonyl (C=O) groups excluding carboxylic acids is 1. The van der Waals surface area contributed by atoms with Gasteiger partial charge in [-0.1, -0.05) is 0 Å². The molecule has 1 N–H and O–H groups in total. The molecule has 1 heterocycles. The van der Waals surface area contributed by atoms with Gasteiger partial charge in [-0.05, 0) is 32.1 Å². The van der Waals surface area contributed by atoms with E-state index in [-0.39, 0.29) is 5.60 Å². The van der Waals surface area contributed by atoms with Crippen LogP contribution in [0.15, 0.2) is 0 Å². The Hall–Kier alpha value is -0.570. The fraction of sp³-hybridized carbons (Fsp3) is 0.889. The average molecular weight is 169 g/mol. The van der Waals surface area contributed by atoms with Crippen molar-refractivity contribution in [3.63, 3.8) is 0 Å². The molecule has 1 spiro atoms. The van der Waals surface area contributed by atoms with E-state index in [9.17, 15) is 4.79 Å². The van der Waals surface area contributed by atoms with E-state index in [1.807, 2.05) is 0 Å². The van der Waals surface area contributed by atoms with Crippen LogP contribution in [0.1, 0.15) is 32.1 Å². The van der Waals surface area contributed by atoms with Crippen LogP contribution in [0.5, 0.6) is 0 Å². The lowest BCUT2D eigenvalue weighted by molar-refractivity contribution is -0.167. The van der Waals surface area contributed by atoms with E-state index in [0.29, 0.717) is 6.04 Å². The molecule has 2 rings (SSSR count). The van der Waals surface area contributed by atoms with Gasteiger partial charge < -0.3 is 10.1 Å². The number of hydrogen-bond acceptors (Lipinski definition) is 2. The van der Waals surface area contributed by atoms with Gasteiger partial charge in [0.1, 0.15) is 0 Å². The Bertz CT molecular complexity index is 167. The van der Waals surface area contributed by atoms with Crippen molar-refractivity contribution in [2.45, 2.75) is 43.7 Å². The second-order valence-corrected chi connectivity index (χ2v) is 3.84. The fourth-order valence-electron chi connectivity index (χ4n) is 2.19. The van der Waals surface area contributed by atoms with E-state index in [4.69, 9.17) is 4.74 Å². The quantitative estimate of drug-likeness (QED) is 0.622. The van der Waals surface area contributed by atoms with Crippen LogP contribution in [-0.4, -0.2) is 24.7 Å². The second kappa shape index (κ2) is 3.05. The molecule has 0 unspecified atom stereocenters. The van der Waals surface area contributed by atoms with Crippen LogP contribution >= 0.6 is 0 Å². The van der Waals surface area contributed by atoms with Crippen LogP contribution in [0, 0.1) is 0 Å². The molecule has 1 amide bonds. The van der Waals surface area contributed by atoms with Crippen molar-refractivity contribution in [1.29, 1.82) is 0 Å². The summed E-state index contributed by atoms with van der Waals surface area (Å²) in [4.78, 5) is 10.2. The minimum Gasteiger partial charge on any atom is -0.375 e. The molecule has 0 aromatic rings. The fourth-order valence-corrected chi connectivity index (χ4v) is 2.19. The summed E-state index contributed by atoms with van der Waals surface area (Å²) in [5.41, 5.74) is 0.223. The van der Waals surface area contributed by atoms with Crippen molar-refractivity contribution >= 4 is 6.41 Å². The SMILES string of the molecule is O=CNC1CCC2(CCO2)CC1. The van der Waals surface area contributed by atoms with E-state index in [2.05, 4.69) is 5.32 Å². The molecule has 0 aromatic heterocycles. The summed E-state index contributed by atoms with van der Waals surface area (Å²) in [6.45, 7) is 0.936. The summed E-state index contributed by atoms with van der Waals surface area (Å²) in [7, 11) is 0. The highest BCUT2D eigenvalue weighted by Gasteiger charge is 2.41. The first-order chi connectivity index (χ1) is 5.85. The maximum atomic E-state index is 10.2. The summed E-state index contributed by atoms with van der Waals surface area (Å²) in [6.07, 6.45) is 6.44. The minimum absolute atomic E-state index is 0.223. The summed E-state index contributed by atoms with van der Waals surface area (Å²) < 4.78 is 5.57. The smallest absolute Gasteiger partial charge is 0.207 e. The third-order valence-corrected chi connectivity index (χ3v) is 3.17. The number of hydrogen-bond donors (Lipinski definition) is 1. The maximum absolute atomic E-state index is 10.2. The third-order valence-electron chi connectivity index (χ3n) is 3.17. The number of rotatable bonds is 2. The van der Waals surface area contributed by atoms with Gasteiger partial charge in [-0.25, -0.2) is 0 Å².